The molecule has 0 aliphatic heterocycles. The molecule has 0 aromatic rings. The van der Waals surface area contributed by atoms with Crippen molar-refractivity contribution in [3.63, 3.8) is 0 Å². The Labute approximate surface area is 88.7 Å². The fourth-order valence-electron chi connectivity index (χ4n) is 2.60. The lowest BCUT2D eigenvalue weighted by atomic mass is 9.75. The fraction of sp³-hybridized carbons (Fsp3) is 1.00. The number of hydrogen-bond donors (Lipinski definition) is 1. The molecule has 1 unspecified atom stereocenters. The first-order chi connectivity index (χ1) is 6.39. The second-order valence-corrected chi connectivity index (χ2v) is 6.85. The van der Waals surface area contributed by atoms with Crippen LogP contribution in [0.15, 0.2) is 0 Å². The summed E-state index contributed by atoms with van der Waals surface area (Å²) >= 11 is 0. The minimum absolute atomic E-state index is 0.590. The van der Waals surface area contributed by atoms with Crippen molar-refractivity contribution in [3.8, 4) is 0 Å². The molecule has 0 aromatic heterocycles. The fourth-order valence-corrected chi connectivity index (χ4v) is 2.60. The Morgan fingerprint density at radius 2 is 1.50 bits per heavy atom. The molecule has 14 heavy (non-hydrogen) atoms. The van der Waals surface area contributed by atoms with E-state index in [1.54, 1.807) is 0 Å². The number of nitrogens with one attached hydrogen (secondary N) is 1. The zero-order valence-corrected chi connectivity index (χ0v) is 10.2. The van der Waals surface area contributed by atoms with Crippen LogP contribution in [0.1, 0.15) is 59.8 Å². The van der Waals surface area contributed by atoms with Crippen molar-refractivity contribution in [1.29, 1.82) is 0 Å². The van der Waals surface area contributed by atoms with Gasteiger partial charge >= 0.3 is 0 Å². The average Bonchev–Trinajstić information content (AvgIpc) is 2.64. The van der Waals surface area contributed by atoms with E-state index in [9.17, 15) is 0 Å². The van der Waals surface area contributed by atoms with Crippen molar-refractivity contribution < 1.29 is 0 Å². The van der Waals surface area contributed by atoms with Gasteiger partial charge in [0.2, 0.25) is 0 Å². The lowest BCUT2D eigenvalue weighted by molar-refractivity contribution is 0.203. The molecule has 0 heterocycles. The summed E-state index contributed by atoms with van der Waals surface area (Å²) in [6.07, 6.45) is 6.96. The van der Waals surface area contributed by atoms with E-state index in [0.717, 1.165) is 12.1 Å². The Kier molecular flexibility index (Phi) is 2.42. The van der Waals surface area contributed by atoms with Crippen LogP contribution in [0.4, 0.5) is 0 Å². The van der Waals surface area contributed by atoms with E-state index in [0.29, 0.717) is 10.8 Å². The van der Waals surface area contributed by atoms with Gasteiger partial charge < -0.3 is 5.32 Å². The Morgan fingerprint density at radius 1 is 1.00 bits per heavy atom. The van der Waals surface area contributed by atoms with Crippen molar-refractivity contribution in [2.45, 2.75) is 71.9 Å². The molecule has 2 rings (SSSR count). The first-order valence-electron chi connectivity index (χ1n) is 6.15. The van der Waals surface area contributed by atoms with Crippen molar-refractivity contribution in [3.05, 3.63) is 0 Å². The Bertz CT molecular complexity index is 207. The molecule has 1 nitrogen and oxygen atoms in total. The van der Waals surface area contributed by atoms with Gasteiger partial charge in [0.15, 0.2) is 0 Å². The minimum atomic E-state index is 0.590. The molecule has 82 valence electrons. The molecule has 0 spiro atoms. The van der Waals surface area contributed by atoms with Crippen LogP contribution in [-0.2, 0) is 0 Å². The standard InChI is InChI=1S/C13H25N/c1-12(2)7-5-10(6-8-12)14-11-9-13(11,3)4/h10-11,14H,5-9H2,1-4H3. The van der Waals surface area contributed by atoms with Gasteiger partial charge in [0.1, 0.15) is 0 Å². The Morgan fingerprint density at radius 3 is 1.93 bits per heavy atom. The molecule has 1 heteroatoms. The van der Waals surface area contributed by atoms with Crippen molar-refractivity contribution >= 4 is 0 Å². The molecular formula is C13H25N. The van der Waals surface area contributed by atoms with E-state index < -0.39 is 0 Å². The monoisotopic (exact) mass is 195 g/mol. The SMILES string of the molecule is CC1(C)CCC(NC2CC2(C)C)CC1. The number of hydrogen-bond acceptors (Lipinski definition) is 1. The molecule has 2 aliphatic carbocycles. The topological polar surface area (TPSA) is 12.0 Å². The maximum atomic E-state index is 3.82. The molecule has 1 atom stereocenters. The second kappa shape index (κ2) is 3.23. The molecule has 2 fully saturated rings. The molecular weight excluding hydrogens is 170 g/mol. The molecule has 0 bridgehead atoms. The summed E-state index contributed by atoms with van der Waals surface area (Å²) in [5, 5.41) is 3.82. The van der Waals surface area contributed by atoms with E-state index in [2.05, 4.69) is 33.0 Å². The highest BCUT2D eigenvalue weighted by Gasteiger charge is 2.46. The highest BCUT2D eigenvalue weighted by atomic mass is 15.0. The summed E-state index contributed by atoms with van der Waals surface area (Å²) in [6, 6.07) is 1.63. The summed E-state index contributed by atoms with van der Waals surface area (Å²) < 4.78 is 0. The van der Waals surface area contributed by atoms with E-state index in [1.807, 2.05) is 0 Å². The Hall–Kier alpha value is -0.0400. The van der Waals surface area contributed by atoms with Gasteiger partial charge in [0, 0.05) is 12.1 Å². The van der Waals surface area contributed by atoms with Crippen LogP contribution in [0.2, 0.25) is 0 Å². The largest absolute Gasteiger partial charge is 0.311 e. The molecule has 0 aromatic carbocycles. The summed E-state index contributed by atoms with van der Waals surface area (Å²) in [6.45, 7) is 9.56. The highest BCUT2D eigenvalue weighted by Crippen LogP contribution is 2.46. The van der Waals surface area contributed by atoms with Crippen LogP contribution >= 0.6 is 0 Å². The first kappa shape index (κ1) is 10.5. The summed E-state index contributed by atoms with van der Waals surface area (Å²) in [7, 11) is 0. The summed E-state index contributed by atoms with van der Waals surface area (Å²) in [5.41, 5.74) is 1.20. The third-order valence-electron chi connectivity index (χ3n) is 4.29. The van der Waals surface area contributed by atoms with Gasteiger partial charge in [-0.25, -0.2) is 0 Å². The second-order valence-electron chi connectivity index (χ2n) is 6.85. The van der Waals surface area contributed by atoms with Gasteiger partial charge in [0.25, 0.3) is 0 Å². The zero-order chi connectivity index (χ0) is 10.4. The van der Waals surface area contributed by atoms with E-state index in [-0.39, 0.29) is 0 Å². The summed E-state index contributed by atoms with van der Waals surface area (Å²) in [5.74, 6) is 0. The average molecular weight is 195 g/mol. The van der Waals surface area contributed by atoms with Crippen LogP contribution in [0.25, 0.3) is 0 Å². The molecule has 2 aliphatic rings. The van der Waals surface area contributed by atoms with Gasteiger partial charge in [-0.2, -0.15) is 0 Å². The normalized spacial score (nSPS) is 35.6. The Balaban J connectivity index is 1.75. The number of rotatable bonds is 2. The van der Waals surface area contributed by atoms with Crippen LogP contribution in [0.5, 0.6) is 0 Å². The van der Waals surface area contributed by atoms with Crippen LogP contribution in [0.3, 0.4) is 0 Å². The molecule has 1 N–H and O–H groups in total. The lowest BCUT2D eigenvalue weighted by Crippen LogP contribution is -2.38. The first-order valence-corrected chi connectivity index (χ1v) is 6.15. The predicted molar refractivity (Wildman–Crippen MR) is 61.4 cm³/mol. The van der Waals surface area contributed by atoms with E-state index >= 15 is 0 Å². The van der Waals surface area contributed by atoms with E-state index in [4.69, 9.17) is 0 Å². The third kappa shape index (κ3) is 2.31. The molecule has 0 radical (unpaired) electrons. The van der Waals surface area contributed by atoms with Crippen molar-refractivity contribution in [2.24, 2.45) is 10.8 Å². The van der Waals surface area contributed by atoms with Gasteiger partial charge in [-0.3, -0.25) is 0 Å². The van der Waals surface area contributed by atoms with Gasteiger partial charge in [-0.05, 0) is 42.9 Å². The van der Waals surface area contributed by atoms with Gasteiger partial charge in [0.05, 0.1) is 0 Å². The molecule has 2 saturated carbocycles. The van der Waals surface area contributed by atoms with Gasteiger partial charge in [-0.15, -0.1) is 0 Å². The summed E-state index contributed by atoms with van der Waals surface area (Å²) in [4.78, 5) is 0. The maximum Gasteiger partial charge on any atom is 0.0127 e. The lowest BCUT2D eigenvalue weighted by Gasteiger charge is -2.35. The van der Waals surface area contributed by atoms with Crippen molar-refractivity contribution in [2.75, 3.05) is 0 Å². The molecule has 0 saturated heterocycles. The minimum Gasteiger partial charge on any atom is -0.311 e. The smallest absolute Gasteiger partial charge is 0.0127 e. The van der Waals surface area contributed by atoms with Crippen LogP contribution in [0, 0.1) is 10.8 Å². The third-order valence-corrected chi connectivity index (χ3v) is 4.29. The highest BCUT2D eigenvalue weighted by molar-refractivity contribution is 5.03. The van der Waals surface area contributed by atoms with Crippen LogP contribution < -0.4 is 5.32 Å². The predicted octanol–water partition coefficient (Wildman–Crippen LogP) is 3.34. The zero-order valence-electron chi connectivity index (χ0n) is 10.2. The van der Waals surface area contributed by atoms with Crippen molar-refractivity contribution in [1.82, 2.24) is 5.32 Å². The van der Waals surface area contributed by atoms with Crippen LogP contribution in [-0.4, -0.2) is 12.1 Å². The quantitative estimate of drug-likeness (QED) is 0.712. The van der Waals surface area contributed by atoms with Gasteiger partial charge in [-0.1, -0.05) is 27.7 Å². The van der Waals surface area contributed by atoms with E-state index in [1.165, 1.54) is 32.1 Å². The molecule has 0 amide bonds. The maximum absolute atomic E-state index is 3.82.